The fraction of sp³-hybridized carbons (Fsp3) is 0.316. The molecule has 0 saturated heterocycles. The van der Waals surface area contributed by atoms with E-state index >= 15 is 0 Å². The molecule has 0 aliphatic heterocycles. The number of nitrogen functional groups attached to an aromatic ring is 1. The Kier molecular flexibility index (Phi) is 5.21. The van der Waals surface area contributed by atoms with Crippen molar-refractivity contribution in [1.82, 2.24) is 0 Å². The van der Waals surface area contributed by atoms with Crippen LogP contribution in [0.5, 0.6) is 0 Å². The third-order valence-corrected chi connectivity index (χ3v) is 3.85. The molecule has 0 aliphatic carbocycles. The molecule has 0 spiro atoms. The van der Waals surface area contributed by atoms with Crippen LogP contribution >= 0.6 is 0 Å². The van der Waals surface area contributed by atoms with Gasteiger partial charge in [-0.25, -0.2) is 0 Å². The van der Waals surface area contributed by atoms with E-state index < -0.39 is 0 Å². The first-order valence-corrected chi connectivity index (χ1v) is 7.70. The van der Waals surface area contributed by atoms with Crippen LogP contribution in [0.4, 0.5) is 11.4 Å². The predicted molar refractivity (Wildman–Crippen MR) is 93.1 cm³/mol. The maximum atomic E-state index is 12.0. The molecule has 0 radical (unpaired) electrons. The summed E-state index contributed by atoms with van der Waals surface area (Å²) in [6.45, 7) is 6.29. The van der Waals surface area contributed by atoms with Gasteiger partial charge in [-0.15, -0.1) is 0 Å². The standard InChI is InChI=1S/C19H24N2O/c1-13(2)16-7-9-17(10-8-16)21-19(22)11-6-15-5-4-14(3)18(20)12-15/h4-5,7-10,12-13H,6,11,20H2,1-3H3,(H,21,22). The van der Waals surface area contributed by atoms with E-state index in [2.05, 4.69) is 31.3 Å². The van der Waals surface area contributed by atoms with Gasteiger partial charge in [0.05, 0.1) is 0 Å². The average molecular weight is 296 g/mol. The Hall–Kier alpha value is -2.29. The molecule has 3 N–H and O–H groups in total. The molecule has 2 rings (SSSR count). The van der Waals surface area contributed by atoms with Crippen LogP contribution in [0.25, 0.3) is 0 Å². The summed E-state index contributed by atoms with van der Waals surface area (Å²) in [7, 11) is 0. The fourth-order valence-corrected chi connectivity index (χ4v) is 2.28. The SMILES string of the molecule is Cc1ccc(CCC(=O)Nc2ccc(C(C)C)cc2)cc1N. The lowest BCUT2D eigenvalue weighted by molar-refractivity contribution is -0.116. The quantitative estimate of drug-likeness (QED) is 0.809. The molecule has 0 saturated carbocycles. The topological polar surface area (TPSA) is 55.1 Å². The molecule has 3 nitrogen and oxygen atoms in total. The van der Waals surface area contributed by atoms with Crippen molar-refractivity contribution in [3.8, 4) is 0 Å². The average Bonchev–Trinajstić information content (AvgIpc) is 2.49. The maximum absolute atomic E-state index is 12.0. The molecule has 0 atom stereocenters. The number of benzene rings is 2. The second kappa shape index (κ2) is 7.12. The molecule has 0 heterocycles. The highest BCUT2D eigenvalue weighted by molar-refractivity contribution is 5.90. The van der Waals surface area contributed by atoms with Gasteiger partial charge in [-0.05, 0) is 54.2 Å². The first kappa shape index (κ1) is 16.1. The van der Waals surface area contributed by atoms with Gasteiger partial charge in [-0.1, -0.05) is 38.1 Å². The van der Waals surface area contributed by atoms with E-state index in [1.807, 2.05) is 37.3 Å². The minimum absolute atomic E-state index is 0.0245. The Bertz CT molecular complexity index is 645. The number of carbonyl (C=O) groups is 1. The molecule has 0 fully saturated rings. The second-order valence-corrected chi connectivity index (χ2v) is 6.02. The van der Waals surface area contributed by atoms with Crippen LogP contribution < -0.4 is 11.1 Å². The van der Waals surface area contributed by atoms with Gasteiger partial charge < -0.3 is 11.1 Å². The number of nitrogens with two attached hydrogens (primary N) is 1. The maximum Gasteiger partial charge on any atom is 0.224 e. The third-order valence-electron chi connectivity index (χ3n) is 3.85. The van der Waals surface area contributed by atoms with Crippen LogP contribution in [-0.2, 0) is 11.2 Å². The Morgan fingerprint density at radius 2 is 1.82 bits per heavy atom. The van der Waals surface area contributed by atoms with Gasteiger partial charge in [0, 0.05) is 17.8 Å². The molecule has 2 aromatic rings. The number of amides is 1. The fourth-order valence-electron chi connectivity index (χ4n) is 2.28. The Morgan fingerprint density at radius 1 is 1.14 bits per heavy atom. The van der Waals surface area contributed by atoms with E-state index in [9.17, 15) is 4.79 Å². The lowest BCUT2D eigenvalue weighted by Gasteiger charge is -2.09. The van der Waals surface area contributed by atoms with E-state index in [0.717, 1.165) is 22.5 Å². The summed E-state index contributed by atoms with van der Waals surface area (Å²) in [5, 5.41) is 2.93. The molecule has 0 aromatic heterocycles. The van der Waals surface area contributed by atoms with Crippen molar-refractivity contribution in [3.05, 3.63) is 59.2 Å². The third kappa shape index (κ3) is 4.35. The van der Waals surface area contributed by atoms with E-state index in [1.54, 1.807) is 0 Å². The van der Waals surface area contributed by atoms with Gasteiger partial charge in [0.15, 0.2) is 0 Å². The zero-order valence-electron chi connectivity index (χ0n) is 13.5. The van der Waals surface area contributed by atoms with Gasteiger partial charge in [0.2, 0.25) is 5.91 Å². The normalized spacial score (nSPS) is 10.7. The Morgan fingerprint density at radius 3 is 2.41 bits per heavy atom. The zero-order valence-corrected chi connectivity index (χ0v) is 13.5. The Balaban J connectivity index is 1.88. The first-order chi connectivity index (χ1) is 10.5. The summed E-state index contributed by atoms with van der Waals surface area (Å²) in [5.74, 6) is 0.521. The van der Waals surface area contributed by atoms with Gasteiger partial charge in [-0.3, -0.25) is 4.79 Å². The number of nitrogens with one attached hydrogen (secondary N) is 1. The van der Waals surface area contributed by atoms with E-state index in [4.69, 9.17) is 5.73 Å². The van der Waals surface area contributed by atoms with Crippen molar-refractivity contribution >= 4 is 17.3 Å². The minimum atomic E-state index is 0.0245. The Labute approximate surface area is 132 Å². The molecular weight excluding hydrogens is 272 g/mol. The molecule has 0 aliphatic rings. The highest BCUT2D eigenvalue weighted by Gasteiger charge is 2.05. The molecule has 2 aromatic carbocycles. The molecule has 1 amide bonds. The number of hydrogen-bond donors (Lipinski definition) is 2. The van der Waals surface area contributed by atoms with Crippen molar-refractivity contribution in [3.63, 3.8) is 0 Å². The molecule has 22 heavy (non-hydrogen) atoms. The lowest BCUT2D eigenvalue weighted by Crippen LogP contribution is -2.12. The minimum Gasteiger partial charge on any atom is -0.399 e. The highest BCUT2D eigenvalue weighted by Crippen LogP contribution is 2.18. The van der Waals surface area contributed by atoms with Crippen LogP contribution in [0.15, 0.2) is 42.5 Å². The smallest absolute Gasteiger partial charge is 0.224 e. The number of anilines is 2. The molecule has 0 unspecified atom stereocenters. The summed E-state index contributed by atoms with van der Waals surface area (Å²) in [6.07, 6.45) is 1.15. The van der Waals surface area contributed by atoms with Gasteiger partial charge in [-0.2, -0.15) is 0 Å². The van der Waals surface area contributed by atoms with Gasteiger partial charge >= 0.3 is 0 Å². The first-order valence-electron chi connectivity index (χ1n) is 7.70. The number of carbonyl (C=O) groups excluding carboxylic acids is 1. The van der Waals surface area contributed by atoms with Crippen LogP contribution in [0.2, 0.25) is 0 Å². The zero-order chi connectivity index (χ0) is 16.1. The largest absolute Gasteiger partial charge is 0.399 e. The van der Waals surface area contributed by atoms with Crippen LogP contribution in [-0.4, -0.2) is 5.91 Å². The monoisotopic (exact) mass is 296 g/mol. The van der Waals surface area contributed by atoms with Crippen LogP contribution in [0, 0.1) is 6.92 Å². The summed E-state index contributed by atoms with van der Waals surface area (Å²) in [5.41, 5.74) is 10.9. The van der Waals surface area contributed by atoms with Gasteiger partial charge in [0.1, 0.15) is 0 Å². The van der Waals surface area contributed by atoms with E-state index in [-0.39, 0.29) is 5.91 Å². The molecular formula is C19H24N2O. The van der Waals surface area contributed by atoms with Crippen LogP contribution in [0.1, 0.15) is 42.9 Å². The van der Waals surface area contributed by atoms with E-state index in [1.165, 1.54) is 5.56 Å². The molecule has 3 heteroatoms. The number of rotatable bonds is 5. The van der Waals surface area contributed by atoms with Gasteiger partial charge in [0.25, 0.3) is 0 Å². The summed E-state index contributed by atoms with van der Waals surface area (Å²) in [4.78, 5) is 12.0. The summed E-state index contributed by atoms with van der Waals surface area (Å²) in [6, 6.07) is 14.0. The highest BCUT2D eigenvalue weighted by atomic mass is 16.1. The number of hydrogen-bond acceptors (Lipinski definition) is 2. The van der Waals surface area contributed by atoms with Crippen molar-refractivity contribution in [2.45, 2.75) is 39.5 Å². The summed E-state index contributed by atoms with van der Waals surface area (Å²) >= 11 is 0. The second-order valence-electron chi connectivity index (χ2n) is 6.02. The summed E-state index contributed by atoms with van der Waals surface area (Å²) < 4.78 is 0. The van der Waals surface area contributed by atoms with Crippen molar-refractivity contribution in [1.29, 1.82) is 0 Å². The lowest BCUT2D eigenvalue weighted by atomic mass is 10.0. The van der Waals surface area contributed by atoms with Crippen LogP contribution in [0.3, 0.4) is 0 Å². The predicted octanol–water partition coefficient (Wildman–Crippen LogP) is 4.27. The van der Waals surface area contributed by atoms with E-state index in [0.29, 0.717) is 18.8 Å². The molecule has 116 valence electrons. The van der Waals surface area contributed by atoms with Crippen molar-refractivity contribution in [2.75, 3.05) is 11.1 Å². The molecule has 0 bridgehead atoms. The number of aryl methyl sites for hydroxylation is 2. The van der Waals surface area contributed by atoms with Crippen molar-refractivity contribution in [2.24, 2.45) is 0 Å². The van der Waals surface area contributed by atoms with Crippen molar-refractivity contribution < 1.29 is 4.79 Å².